The summed E-state index contributed by atoms with van der Waals surface area (Å²) in [5.74, 6) is -0.378. The largest absolute Gasteiger partial charge is 0.507 e. The number of Topliss-reactive ketones (excluding diaryl/α,β-unsaturated/α-hetero) is 1. The molecule has 1 saturated heterocycles. The van der Waals surface area contributed by atoms with E-state index < -0.39 is 17.7 Å². The van der Waals surface area contributed by atoms with Crippen LogP contribution >= 0.6 is 11.3 Å². The molecule has 1 aromatic heterocycles. The van der Waals surface area contributed by atoms with Gasteiger partial charge in [0.25, 0.3) is 11.7 Å². The summed E-state index contributed by atoms with van der Waals surface area (Å²) >= 11 is 1.43. The number of nitrogens with zero attached hydrogens (tertiary/aromatic N) is 1. The second-order valence-corrected chi connectivity index (χ2v) is 8.19. The smallest absolute Gasteiger partial charge is 0.295 e. The molecule has 1 N–H and O–H groups in total. The Kier molecular flexibility index (Phi) is 6.28. The molecule has 0 bridgehead atoms. The van der Waals surface area contributed by atoms with Gasteiger partial charge >= 0.3 is 0 Å². The number of likely N-dealkylation sites (tertiary alicyclic amines) is 1. The van der Waals surface area contributed by atoms with Crippen LogP contribution in [0, 0.1) is 0 Å². The molecule has 3 aromatic rings. The molecule has 0 spiro atoms. The van der Waals surface area contributed by atoms with E-state index in [-0.39, 0.29) is 17.9 Å². The third-order valence-electron chi connectivity index (χ3n) is 5.30. The Morgan fingerprint density at radius 3 is 2.62 bits per heavy atom. The number of thiophene rings is 1. The van der Waals surface area contributed by atoms with Gasteiger partial charge in [-0.25, -0.2) is 0 Å². The Bertz CT molecular complexity index is 1170. The number of carbonyl (C=O) groups excluding carboxylic acids is 2. The Morgan fingerprint density at radius 2 is 1.91 bits per heavy atom. The van der Waals surface area contributed by atoms with Crippen molar-refractivity contribution in [3.63, 3.8) is 0 Å². The highest BCUT2D eigenvalue weighted by atomic mass is 32.1. The molecule has 1 aliphatic heterocycles. The molecule has 6 nitrogen and oxygen atoms in total. The van der Waals surface area contributed by atoms with Gasteiger partial charge in [0, 0.05) is 16.0 Å². The first kappa shape index (κ1) is 21.6. The number of aliphatic hydroxyl groups is 1. The van der Waals surface area contributed by atoms with Crippen LogP contribution in [0.15, 0.2) is 71.6 Å². The first-order valence-electron chi connectivity index (χ1n) is 10.2. The van der Waals surface area contributed by atoms with Crippen molar-refractivity contribution in [1.82, 2.24) is 4.90 Å². The van der Waals surface area contributed by atoms with E-state index in [9.17, 15) is 14.7 Å². The average molecular weight is 450 g/mol. The summed E-state index contributed by atoms with van der Waals surface area (Å²) in [6.45, 7) is 2.52. The van der Waals surface area contributed by atoms with Crippen LogP contribution in [0.2, 0.25) is 0 Å². The summed E-state index contributed by atoms with van der Waals surface area (Å²) < 4.78 is 11.0. The Labute approximate surface area is 190 Å². The van der Waals surface area contributed by atoms with Crippen molar-refractivity contribution in [1.29, 1.82) is 0 Å². The number of hydrogen-bond donors (Lipinski definition) is 1. The van der Waals surface area contributed by atoms with Crippen LogP contribution in [0.1, 0.15) is 29.0 Å². The number of ketones is 1. The van der Waals surface area contributed by atoms with Crippen LogP contribution in [0.4, 0.5) is 0 Å². The first-order valence-corrected chi connectivity index (χ1v) is 11.1. The minimum Gasteiger partial charge on any atom is -0.507 e. The van der Waals surface area contributed by atoms with Crippen molar-refractivity contribution in [3.8, 4) is 11.5 Å². The summed E-state index contributed by atoms with van der Waals surface area (Å²) in [6, 6.07) is 17.3. The minimum absolute atomic E-state index is 0.0704. The summed E-state index contributed by atoms with van der Waals surface area (Å²) in [5, 5.41) is 13.0. The van der Waals surface area contributed by atoms with Crippen molar-refractivity contribution < 1.29 is 24.2 Å². The summed E-state index contributed by atoms with van der Waals surface area (Å²) in [7, 11) is 1.56. The number of amides is 1. The van der Waals surface area contributed by atoms with Crippen molar-refractivity contribution in [3.05, 3.63) is 87.6 Å². The van der Waals surface area contributed by atoms with E-state index in [4.69, 9.17) is 9.47 Å². The van der Waals surface area contributed by atoms with E-state index >= 15 is 0 Å². The number of carbonyl (C=O) groups is 2. The van der Waals surface area contributed by atoms with Gasteiger partial charge in [0.15, 0.2) is 0 Å². The van der Waals surface area contributed by atoms with Gasteiger partial charge in [-0.15, -0.1) is 11.3 Å². The first-order chi connectivity index (χ1) is 15.5. The van der Waals surface area contributed by atoms with Gasteiger partial charge in [-0.2, -0.15) is 0 Å². The van der Waals surface area contributed by atoms with Crippen LogP contribution in [-0.2, 0) is 16.1 Å². The van der Waals surface area contributed by atoms with Crippen LogP contribution in [0.5, 0.6) is 11.5 Å². The van der Waals surface area contributed by atoms with Crippen LogP contribution in [-0.4, -0.2) is 35.4 Å². The lowest BCUT2D eigenvalue weighted by molar-refractivity contribution is -0.140. The predicted octanol–water partition coefficient (Wildman–Crippen LogP) is 4.78. The molecule has 1 unspecified atom stereocenters. The topological polar surface area (TPSA) is 76.1 Å². The maximum Gasteiger partial charge on any atom is 0.295 e. The number of ether oxygens (including phenoxy) is 2. The SMILES string of the molecule is CCOc1cccc(/C(O)=C2/C(=O)C(=O)N(Cc3ccccc3OC)C2c2cccs2)c1. The maximum absolute atomic E-state index is 13.1. The molecule has 164 valence electrons. The number of para-hydroxylation sites is 1. The second kappa shape index (κ2) is 9.28. The number of rotatable bonds is 7. The van der Waals surface area contributed by atoms with Gasteiger partial charge in [0.2, 0.25) is 0 Å². The number of hydrogen-bond acceptors (Lipinski definition) is 6. The van der Waals surface area contributed by atoms with E-state index in [1.165, 1.54) is 16.2 Å². The molecule has 1 fully saturated rings. The predicted molar refractivity (Wildman–Crippen MR) is 123 cm³/mol. The third-order valence-corrected chi connectivity index (χ3v) is 6.23. The fourth-order valence-electron chi connectivity index (χ4n) is 3.86. The molecule has 1 aliphatic rings. The molecule has 0 radical (unpaired) electrons. The molecule has 1 atom stereocenters. The highest BCUT2D eigenvalue weighted by molar-refractivity contribution is 7.10. The monoisotopic (exact) mass is 449 g/mol. The zero-order chi connectivity index (χ0) is 22.7. The highest BCUT2D eigenvalue weighted by Gasteiger charge is 2.46. The van der Waals surface area contributed by atoms with Gasteiger partial charge in [-0.05, 0) is 36.6 Å². The zero-order valence-electron chi connectivity index (χ0n) is 17.8. The van der Waals surface area contributed by atoms with Gasteiger partial charge in [0.05, 0.1) is 31.9 Å². The van der Waals surface area contributed by atoms with E-state index in [1.807, 2.05) is 48.7 Å². The molecule has 4 rings (SSSR count). The maximum atomic E-state index is 13.1. The number of aliphatic hydroxyl groups excluding tert-OH is 1. The Morgan fingerprint density at radius 1 is 1.09 bits per heavy atom. The molecule has 2 aromatic carbocycles. The van der Waals surface area contributed by atoms with E-state index in [2.05, 4.69) is 0 Å². The highest BCUT2D eigenvalue weighted by Crippen LogP contribution is 2.42. The average Bonchev–Trinajstić information content (AvgIpc) is 3.42. The number of benzene rings is 2. The summed E-state index contributed by atoms with van der Waals surface area (Å²) in [6.07, 6.45) is 0. The van der Waals surface area contributed by atoms with Crippen LogP contribution in [0.3, 0.4) is 0 Å². The fourth-order valence-corrected chi connectivity index (χ4v) is 4.70. The van der Waals surface area contributed by atoms with E-state index in [1.54, 1.807) is 31.4 Å². The summed E-state index contributed by atoms with van der Waals surface area (Å²) in [5.41, 5.74) is 1.27. The van der Waals surface area contributed by atoms with Gasteiger partial charge in [0.1, 0.15) is 17.3 Å². The van der Waals surface area contributed by atoms with Crippen molar-refractivity contribution in [2.24, 2.45) is 0 Å². The number of methoxy groups -OCH3 is 1. The second-order valence-electron chi connectivity index (χ2n) is 7.22. The van der Waals surface area contributed by atoms with E-state index in [0.29, 0.717) is 23.7 Å². The van der Waals surface area contributed by atoms with Crippen molar-refractivity contribution in [2.75, 3.05) is 13.7 Å². The zero-order valence-corrected chi connectivity index (χ0v) is 18.6. The van der Waals surface area contributed by atoms with Gasteiger partial charge in [-0.3, -0.25) is 9.59 Å². The lowest BCUT2D eigenvalue weighted by atomic mass is 9.99. The Balaban J connectivity index is 1.82. The molecule has 0 saturated carbocycles. The van der Waals surface area contributed by atoms with Crippen molar-refractivity contribution >= 4 is 28.8 Å². The van der Waals surface area contributed by atoms with E-state index in [0.717, 1.165) is 10.4 Å². The summed E-state index contributed by atoms with van der Waals surface area (Å²) in [4.78, 5) is 28.5. The molecular formula is C25H23NO5S. The quantitative estimate of drug-likeness (QED) is 0.319. The van der Waals surface area contributed by atoms with Crippen molar-refractivity contribution in [2.45, 2.75) is 19.5 Å². The molecule has 32 heavy (non-hydrogen) atoms. The van der Waals surface area contributed by atoms with Crippen LogP contribution < -0.4 is 9.47 Å². The molecule has 0 aliphatic carbocycles. The Hall–Kier alpha value is -3.58. The lowest BCUT2D eigenvalue weighted by Crippen LogP contribution is -2.29. The molecular weight excluding hydrogens is 426 g/mol. The fraction of sp³-hybridized carbons (Fsp3) is 0.200. The normalized spacial score (nSPS) is 17.6. The van der Waals surface area contributed by atoms with Gasteiger partial charge in [-0.1, -0.05) is 36.4 Å². The standard InChI is InChI=1S/C25H23NO5S/c1-3-31-18-10-6-9-16(14-18)23(27)21-22(20-12-7-13-32-20)26(25(29)24(21)28)15-17-8-4-5-11-19(17)30-2/h4-14,22,27H,3,15H2,1-2H3/b23-21-. The third kappa shape index (κ3) is 3.99. The molecule has 7 heteroatoms. The van der Waals surface area contributed by atoms with Gasteiger partial charge < -0.3 is 19.5 Å². The van der Waals surface area contributed by atoms with Crippen LogP contribution in [0.25, 0.3) is 5.76 Å². The minimum atomic E-state index is -0.711. The molecule has 2 heterocycles. The molecule has 1 amide bonds. The lowest BCUT2D eigenvalue weighted by Gasteiger charge is -2.25.